The van der Waals surface area contributed by atoms with Crippen LogP contribution >= 0.6 is 0 Å². The zero-order chi connectivity index (χ0) is 9.14. The van der Waals surface area contributed by atoms with Gasteiger partial charge in [0, 0.05) is 6.67 Å². The van der Waals surface area contributed by atoms with Gasteiger partial charge in [0.1, 0.15) is 12.2 Å². The lowest BCUT2D eigenvalue weighted by Gasteiger charge is -2.35. The summed E-state index contributed by atoms with van der Waals surface area (Å²) in [7, 11) is 0. The van der Waals surface area contributed by atoms with Crippen molar-refractivity contribution in [2.45, 2.75) is 24.5 Å². The third-order valence-electron chi connectivity index (χ3n) is 1.86. The maximum absolute atomic E-state index is 9.33. The highest BCUT2D eigenvalue weighted by molar-refractivity contribution is 4.87. The summed E-state index contributed by atoms with van der Waals surface area (Å²) in [6.45, 7) is 0.0416. The molecule has 1 fully saturated rings. The van der Waals surface area contributed by atoms with E-state index < -0.39 is 24.5 Å². The highest BCUT2D eigenvalue weighted by atomic mass is 16.6. The number of hydrogen-bond donors (Lipinski definition) is 5. The molecule has 1 aliphatic heterocycles. The molecule has 1 saturated heterocycles. The zero-order valence-corrected chi connectivity index (χ0v) is 6.55. The lowest BCUT2D eigenvalue weighted by atomic mass is 10.0. The third-order valence-corrected chi connectivity index (χ3v) is 1.86. The lowest BCUT2D eigenvalue weighted by molar-refractivity contribution is -0.212. The van der Waals surface area contributed by atoms with Crippen molar-refractivity contribution in [2.75, 3.05) is 13.3 Å². The third kappa shape index (κ3) is 1.92. The van der Waals surface area contributed by atoms with E-state index in [9.17, 15) is 10.2 Å². The maximum Gasteiger partial charge on any atom is 0.172 e. The van der Waals surface area contributed by atoms with E-state index >= 15 is 0 Å². The van der Waals surface area contributed by atoms with Gasteiger partial charge in [0.15, 0.2) is 6.29 Å². The SMILES string of the molecule is NCN[C@@H]1C(O)OC[C@H](O)[C@@H]1O. The number of nitrogens with two attached hydrogens (primary N) is 1. The molecular weight excluding hydrogens is 164 g/mol. The van der Waals surface area contributed by atoms with Crippen LogP contribution in [0.2, 0.25) is 0 Å². The lowest BCUT2D eigenvalue weighted by Crippen LogP contribution is -2.60. The molecule has 1 aliphatic rings. The van der Waals surface area contributed by atoms with E-state index in [0.29, 0.717) is 0 Å². The van der Waals surface area contributed by atoms with Crippen molar-refractivity contribution in [3.63, 3.8) is 0 Å². The second-order valence-corrected chi connectivity index (χ2v) is 2.72. The van der Waals surface area contributed by atoms with Crippen LogP contribution in [0.5, 0.6) is 0 Å². The minimum Gasteiger partial charge on any atom is -0.388 e. The summed E-state index contributed by atoms with van der Waals surface area (Å²) in [5.41, 5.74) is 5.16. The maximum atomic E-state index is 9.33. The molecule has 0 aromatic carbocycles. The van der Waals surface area contributed by atoms with Gasteiger partial charge in [0.2, 0.25) is 0 Å². The van der Waals surface area contributed by atoms with E-state index in [1.165, 1.54) is 0 Å². The Hall–Kier alpha value is -0.240. The summed E-state index contributed by atoms with van der Waals surface area (Å²) in [6, 6.07) is -0.723. The first-order chi connectivity index (χ1) is 5.66. The second-order valence-electron chi connectivity index (χ2n) is 2.72. The highest BCUT2D eigenvalue weighted by Crippen LogP contribution is 2.12. The number of ether oxygens (including phenoxy) is 1. The Morgan fingerprint density at radius 3 is 2.67 bits per heavy atom. The van der Waals surface area contributed by atoms with Gasteiger partial charge in [-0.25, -0.2) is 0 Å². The Labute approximate surface area is 69.9 Å². The Balaban J connectivity index is 2.52. The van der Waals surface area contributed by atoms with Crippen LogP contribution < -0.4 is 11.1 Å². The van der Waals surface area contributed by atoms with Crippen LogP contribution in [0.3, 0.4) is 0 Å². The van der Waals surface area contributed by atoms with Gasteiger partial charge in [-0.3, -0.25) is 5.32 Å². The molecule has 6 nitrogen and oxygen atoms in total. The first-order valence-electron chi connectivity index (χ1n) is 3.76. The molecule has 1 rings (SSSR count). The van der Waals surface area contributed by atoms with Gasteiger partial charge in [-0.2, -0.15) is 0 Å². The average molecular weight is 178 g/mol. The minimum atomic E-state index is -1.12. The molecule has 12 heavy (non-hydrogen) atoms. The summed E-state index contributed by atoms with van der Waals surface area (Å²) in [6.07, 6.45) is -3.14. The molecular formula is C6H14N2O4. The number of hydrogen-bond acceptors (Lipinski definition) is 6. The molecule has 72 valence electrons. The topological polar surface area (TPSA) is 108 Å². The Kier molecular flexibility index (Phi) is 3.39. The van der Waals surface area contributed by atoms with Gasteiger partial charge in [0.05, 0.1) is 12.6 Å². The molecule has 0 radical (unpaired) electrons. The van der Waals surface area contributed by atoms with Gasteiger partial charge in [-0.05, 0) is 0 Å². The monoisotopic (exact) mass is 178 g/mol. The van der Waals surface area contributed by atoms with Gasteiger partial charge in [-0.15, -0.1) is 0 Å². The van der Waals surface area contributed by atoms with Gasteiger partial charge >= 0.3 is 0 Å². The number of nitrogens with one attached hydrogen (secondary N) is 1. The average Bonchev–Trinajstić information content (AvgIpc) is 2.06. The molecule has 0 spiro atoms. The molecule has 1 heterocycles. The first-order valence-corrected chi connectivity index (χ1v) is 3.76. The van der Waals surface area contributed by atoms with Crippen molar-refractivity contribution in [3.8, 4) is 0 Å². The van der Waals surface area contributed by atoms with Crippen LogP contribution in [0.1, 0.15) is 0 Å². The van der Waals surface area contributed by atoms with Crippen LogP contribution in [0.4, 0.5) is 0 Å². The van der Waals surface area contributed by atoms with Crippen LogP contribution in [0.25, 0.3) is 0 Å². The van der Waals surface area contributed by atoms with Crippen molar-refractivity contribution in [3.05, 3.63) is 0 Å². The number of aliphatic hydroxyl groups is 3. The highest BCUT2D eigenvalue weighted by Gasteiger charge is 2.37. The largest absolute Gasteiger partial charge is 0.388 e. The van der Waals surface area contributed by atoms with E-state index in [-0.39, 0.29) is 13.3 Å². The van der Waals surface area contributed by atoms with Crippen molar-refractivity contribution in [2.24, 2.45) is 5.73 Å². The van der Waals surface area contributed by atoms with Gasteiger partial charge < -0.3 is 25.8 Å². The van der Waals surface area contributed by atoms with Crippen molar-refractivity contribution < 1.29 is 20.1 Å². The molecule has 1 unspecified atom stereocenters. The van der Waals surface area contributed by atoms with E-state index in [4.69, 9.17) is 15.6 Å². The molecule has 6 N–H and O–H groups in total. The molecule has 0 aliphatic carbocycles. The number of rotatable bonds is 2. The Morgan fingerprint density at radius 2 is 2.08 bits per heavy atom. The fourth-order valence-electron chi connectivity index (χ4n) is 1.17. The second kappa shape index (κ2) is 4.13. The fraction of sp³-hybridized carbons (Fsp3) is 1.00. The predicted molar refractivity (Wildman–Crippen MR) is 40.0 cm³/mol. The van der Waals surface area contributed by atoms with Crippen LogP contribution in [-0.4, -0.2) is 53.1 Å². The quantitative estimate of drug-likeness (QED) is 0.287. The van der Waals surface area contributed by atoms with Crippen LogP contribution in [-0.2, 0) is 4.74 Å². The zero-order valence-electron chi connectivity index (χ0n) is 6.55. The minimum absolute atomic E-state index is 0.0644. The van der Waals surface area contributed by atoms with Crippen molar-refractivity contribution in [1.82, 2.24) is 5.32 Å². The standard InChI is InChI=1S/C6H14N2O4/c7-2-8-4-5(10)3(9)1-12-6(4)11/h3-6,8-11H,1-2,7H2/t3-,4-,5-,6?/m0/s1. The molecule has 0 bridgehead atoms. The van der Waals surface area contributed by atoms with E-state index in [1.54, 1.807) is 0 Å². The normalized spacial score (nSPS) is 43.0. The van der Waals surface area contributed by atoms with Crippen molar-refractivity contribution in [1.29, 1.82) is 0 Å². The fourth-order valence-corrected chi connectivity index (χ4v) is 1.17. The summed E-state index contributed by atoms with van der Waals surface area (Å²) in [5.74, 6) is 0. The summed E-state index contributed by atoms with van der Waals surface area (Å²) in [4.78, 5) is 0. The smallest absolute Gasteiger partial charge is 0.172 e. The van der Waals surface area contributed by atoms with Crippen LogP contribution in [0, 0.1) is 0 Å². The molecule has 0 aromatic rings. The predicted octanol–water partition coefficient (Wildman–Crippen LogP) is -3.07. The molecule has 0 amide bonds. The Morgan fingerprint density at radius 1 is 1.42 bits per heavy atom. The van der Waals surface area contributed by atoms with Crippen LogP contribution in [0.15, 0.2) is 0 Å². The summed E-state index contributed by atoms with van der Waals surface area (Å²) in [5, 5.41) is 30.2. The molecule has 4 atom stereocenters. The van der Waals surface area contributed by atoms with E-state index in [0.717, 1.165) is 0 Å². The van der Waals surface area contributed by atoms with E-state index in [1.807, 2.05) is 0 Å². The molecule has 0 saturated carbocycles. The molecule has 6 heteroatoms. The Bertz CT molecular complexity index is 146. The first kappa shape index (κ1) is 9.85. The molecule has 0 aromatic heterocycles. The number of aliphatic hydroxyl groups excluding tert-OH is 3. The summed E-state index contributed by atoms with van der Waals surface area (Å²) < 4.78 is 4.75. The van der Waals surface area contributed by atoms with Gasteiger partial charge in [-0.1, -0.05) is 0 Å². The summed E-state index contributed by atoms with van der Waals surface area (Å²) >= 11 is 0. The van der Waals surface area contributed by atoms with Gasteiger partial charge in [0.25, 0.3) is 0 Å². The van der Waals surface area contributed by atoms with Crippen molar-refractivity contribution >= 4 is 0 Å². The van der Waals surface area contributed by atoms with E-state index in [2.05, 4.69) is 5.32 Å².